The Balaban J connectivity index is 2.56. The van der Waals surface area contributed by atoms with Gasteiger partial charge in [0.1, 0.15) is 0 Å². The number of aliphatic hydroxyl groups excluding tert-OH is 1. The van der Waals surface area contributed by atoms with E-state index in [0.717, 1.165) is 10.9 Å². The maximum absolute atomic E-state index is 11.8. The molecule has 1 aromatic carbocycles. The van der Waals surface area contributed by atoms with E-state index in [0.29, 0.717) is 12.0 Å². The molecule has 1 aromatic rings. The van der Waals surface area contributed by atoms with Gasteiger partial charge in [-0.2, -0.15) is 0 Å². The fraction of sp³-hybridized carbons (Fsp3) is 0.417. The summed E-state index contributed by atoms with van der Waals surface area (Å²) in [5.41, 5.74) is 0.637. The van der Waals surface area contributed by atoms with Crippen molar-refractivity contribution in [2.24, 2.45) is 0 Å². The van der Waals surface area contributed by atoms with Gasteiger partial charge < -0.3 is 10.4 Å². The molecule has 0 saturated carbocycles. The van der Waals surface area contributed by atoms with E-state index >= 15 is 0 Å². The van der Waals surface area contributed by atoms with Crippen LogP contribution in [0.2, 0.25) is 0 Å². The average molecular weight is 286 g/mol. The summed E-state index contributed by atoms with van der Waals surface area (Å²) in [6.45, 7) is 2.10. The lowest BCUT2D eigenvalue weighted by Gasteiger charge is -2.13. The predicted molar refractivity (Wildman–Crippen MR) is 67.4 cm³/mol. The monoisotopic (exact) mass is 285 g/mol. The second kappa shape index (κ2) is 6.66. The van der Waals surface area contributed by atoms with Gasteiger partial charge >= 0.3 is 0 Å². The van der Waals surface area contributed by atoms with Gasteiger partial charge in [0.2, 0.25) is 0 Å². The number of carbonyl (C=O) groups is 1. The van der Waals surface area contributed by atoms with Gasteiger partial charge in [0.25, 0.3) is 5.91 Å². The zero-order chi connectivity index (χ0) is 12.0. The Morgan fingerprint density at radius 1 is 1.50 bits per heavy atom. The number of nitrogens with one attached hydrogen (secondary N) is 1. The van der Waals surface area contributed by atoms with E-state index in [1.165, 1.54) is 0 Å². The first kappa shape index (κ1) is 13.2. The molecule has 3 nitrogen and oxygen atoms in total. The standard InChI is InChI=1S/C12H16BrNO2/c1-9(5-4-8-15)14-12(16)10-6-2-3-7-11(10)13/h2-3,6-7,9,15H,4-5,8H2,1H3,(H,14,16). The normalized spacial score (nSPS) is 12.2. The van der Waals surface area contributed by atoms with E-state index in [2.05, 4.69) is 21.2 Å². The molecule has 0 aliphatic rings. The van der Waals surface area contributed by atoms with Crippen molar-refractivity contribution in [3.8, 4) is 0 Å². The Bertz CT molecular complexity index is 355. The number of benzene rings is 1. The van der Waals surface area contributed by atoms with Crippen molar-refractivity contribution in [1.29, 1.82) is 0 Å². The number of halogens is 1. The summed E-state index contributed by atoms with van der Waals surface area (Å²) in [6, 6.07) is 7.39. The first-order valence-electron chi connectivity index (χ1n) is 5.31. The Labute approximate surface area is 104 Å². The Morgan fingerprint density at radius 2 is 2.19 bits per heavy atom. The van der Waals surface area contributed by atoms with Crippen LogP contribution in [0.15, 0.2) is 28.7 Å². The second-order valence-electron chi connectivity index (χ2n) is 3.72. The Kier molecular flexibility index (Phi) is 5.49. The lowest BCUT2D eigenvalue weighted by molar-refractivity contribution is 0.0935. The molecule has 0 aromatic heterocycles. The van der Waals surface area contributed by atoms with Crippen LogP contribution in [0.5, 0.6) is 0 Å². The maximum atomic E-state index is 11.8. The molecule has 1 amide bonds. The van der Waals surface area contributed by atoms with Gasteiger partial charge in [0.15, 0.2) is 0 Å². The molecule has 88 valence electrons. The van der Waals surface area contributed by atoms with Crippen molar-refractivity contribution in [1.82, 2.24) is 5.32 Å². The molecule has 0 spiro atoms. The quantitative estimate of drug-likeness (QED) is 0.873. The Morgan fingerprint density at radius 3 is 2.81 bits per heavy atom. The van der Waals surface area contributed by atoms with E-state index in [9.17, 15) is 4.79 Å². The summed E-state index contributed by atoms with van der Waals surface area (Å²) in [5, 5.41) is 11.6. The van der Waals surface area contributed by atoms with Gasteiger partial charge in [-0.3, -0.25) is 4.79 Å². The van der Waals surface area contributed by atoms with Gasteiger partial charge in [-0.05, 0) is 47.8 Å². The van der Waals surface area contributed by atoms with E-state index < -0.39 is 0 Å². The number of amides is 1. The minimum absolute atomic E-state index is 0.0757. The topological polar surface area (TPSA) is 49.3 Å². The molecule has 1 unspecified atom stereocenters. The molecule has 0 bridgehead atoms. The summed E-state index contributed by atoms with van der Waals surface area (Å²) in [4.78, 5) is 11.8. The summed E-state index contributed by atoms with van der Waals surface area (Å²) in [5.74, 6) is -0.0853. The molecule has 0 aliphatic heterocycles. The molecular formula is C12H16BrNO2. The number of aliphatic hydroxyl groups is 1. The fourth-order valence-corrected chi connectivity index (χ4v) is 1.88. The van der Waals surface area contributed by atoms with Gasteiger partial charge in [0, 0.05) is 17.1 Å². The van der Waals surface area contributed by atoms with Crippen LogP contribution in [0.4, 0.5) is 0 Å². The second-order valence-corrected chi connectivity index (χ2v) is 4.57. The van der Waals surface area contributed by atoms with Crippen LogP contribution in [0.1, 0.15) is 30.1 Å². The van der Waals surface area contributed by atoms with E-state index in [-0.39, 0.29) is 18.6 Å². The fourth-order valence-electron chi connectivity index (χ4n) is 1.42. The van der Waals surface area contributed by atoms with Crippen molar-refractivity contribution in [2.45, 2.75) is 25.8 Å². The molecule has 0 heterocycles. The van der Waals surface area contributed by atoms with Gasteiger partial charge in [-0.25, -0.2) is 0 Å². The van der Waals surface area contributed by atoms with E-state index in [1.54, 1.807) is 6.07 Å². The van der Waals surface area contributed by atoms with Crippen LogP contribution in [-0.4, -0.2) is 23.7 Å². The highest BCUT2D eigenvalue weighted by Gasteiger charge is 2.11. The largest absolute Gasteiger partial charge is 0.396 e. The lowest BCUT2D eigenvalue weighted by atomic mass is 10.1. The average Bonchev–Trinajstić information content (AvgIpc) is 2.26. The summed E-state index contributed by atoms with van der Waals surface area (Å²) in [7, 11) is 0. The number of carbonyl (C=O) groups excluding carboxylic acids is 1. The first-order chi connectivity index (χ1) is 7.65. The summed E-state index contributed by atoms with van der Waals surface area (Å²) < 4.78 is 0.793. The molecule has 0 fully saturated rings. The molecule has 2 N–H and O–H groups in total. The van der Waals surface area contributed by atoms with E-state index in [4.69, 9.17) is 5.11 Å². The minimum atomic E-state index is -0.0853. The van der Waals surface area contributed by atoms with Crippen LogP contribution in [0.25, 0.3) is 0 Å². The molecule has 4 heteroatoms. The third-order valence-corrected chi connectivity index (χ3v) is 2.98. The predicted octanol–water partition coefficient (Wildman–Crippen LogP) is 2.34. The van der Waals surface area contributed by atoms with Crippen molar-refractivity contribution >= 4 is 21.8 Å². The molecule has 0 radical (unpaired) electrons. The molecule has 0 saturated heterocycles. The molecular weight excluding hydrogens is 270 g/mol. The van der Waals surface area contributed by atoms with Crippen LogP contribution in [0, 0.1) is 0 Å². The molecule has 0 aliphatic carbocycles. The summed E-state index contributed by atoms with van der Waals surface area (Å²) >= 11 is 3.34. The smallest absolute Gasteiger partial charge is 0.252 e. The molecule has 1 rings (SSSR count). The number of hydrogen-bond acceptors (Lipinski definition) is 2. The number of hydrogen-bond donors (Lipinski definition) is 2. The maximum Gasteiger partial charge on any atom is 0.252 e. The summed E-state index contributed by atoms with van der Waals surface area (Å²) in [6.07, 6.45) is 1.49. The lowest BCUT2D eigenvalue weighted by Crippen LogP contribution is -2.32. The SMILES string of the molecule is CC(CCCO)NC(=O)c1ccccc1Br. The zero-order valence-electron chi connectivity index (χ0n) is 9.24. The van der Waals surface area contributed by atoms with Crippen LogP contribution >= 0.6 is 15.9 Å². The van der Waals surface area contributed by atoms with Crippen molar-refractivity contribution in [2.75, 3.05) is 6.61 Å². The minimum Gasteiger partial charge on any atom is -0.396 e. The van der Waals surface area contributed by atoms with Crippen LogP contribution in [0.3, 0.4) is 0 Å². The highest BCUT2D eigenvalue weighted by atomic mass is 79.9. The van der Waals surface area contributed by atoms with Gasteiger partial charge in [-0.15, -0.1) is 0 Å². The van der Waals surface area contributed by atoms with Crippen molar-refractivity contribution < 1.29 is 9.90 Å². The third kappa shape index (κ3) is 3.94. The molecule has 1 atom stereocenters. The van der Waals surface area contributed by atoms with Gasteiger partial charge in [-0.1, -0.05) is 12.1 Å². The van der Waals surface area contributed by atoms with Crippen LogP contribution in [-0.2, 0) is 0 Å². The highest BCUT2D eigenvalue weighted by molar-refractivity contribution is 9.10. The zero-order valence-corrected chi connectivity index (χ0v) is 10.8. The third-order valence-electron chi connectivity index (χ3n) is 2.29. The first-order valence-corrected chi connectivity index (χ1v) is 6.10. The van der Waals surface area contributed by atoms with Crippen molar-refractivity contribution in [3.63, 3.8) is 0 Å². The molecule has 16 heavy (non-hydrogen) atoms. The highest BCUT2D eigenvalue weighted by Crippen LogP contribution is 2.15. The van der Waals surface area contributed by atoms with Gasteiger partial charge in [0.05, 0.1) is 5.56 Å². The Hall–Kier alpha value is -0.870. The van der Waals surface area contributed by atoms with Crippen LogP contribution < -0.4 is 5.32 Å². The number of rotatable bonds is 5. The van der Waals surface area contributed by atoms with E-state index in [1.807, 2.05) is 25.1 Å². The van der Waals surface area contributed by atoms with Crippen molar-refractivity contribution in [3.05, 3.63) is 34.3 Å².